The number of fused-ring (bicyclic) bond motifs is 6. The quantitative estimate of drug-likeness (QED) is 0.161. The third-order valence-corrected chi connectivity index (χ3v) is 14.6. The van der Waals surface area contributed by atoms with E-state index in [1.807, 2.05) is 84.1 Å². The topological polar surface area (TPSA) is 30.0 Å². The Labute approximate surface area is 312 Å². The van der Waals surface area contributed by atoms with Crippen LogP contribution in [0.1, 0.15) is 0 Å². The molecule has 10 aromatic rings. The number of pyridine rings is 1. The van der Waals surface area contributed by atoms with Crippen molar-refractivity contribution in [2.24, 2.45) is 0 Å². The van der Waals surface area contributed by atoms with Crippen LogP contribution in [0, 0.1) is 0 Å². The summed E-state index contributed by atoms with van der Waals surface area (Å²) in [5, 5.41) is 8.64. The monoisotopic (exact) mass is 713 g/mol. The van der Waals surface area contributed by atoms with Crippen LogP contribution in [0.15, 0.2) is 194 Å². The van der Waals surface area contributed by atoms with E-state index >= 15 is 0 Å². The van der Waals surface area contributed by atoms with Crippen LogP contribution in [0.5, 0.6) is 0 Å². The predicted octanol–water partition coefficient (Wildman–Crippen LogP) is 12.4. The molecule has 0 aliphatic heterocycles. The number of hydrogen-bond donors (Lipinski definition) is 0. The smallest absolute Gasteiger partial charge is 0.171 e. The fourth-order valence-corrected chi connectivity index (χ4v) is 11.6. The molecule has 0 aliphatic carbocycles. The van der Waals surface area contributed by atoms with Crippen molar-refractivity contribution in [1.29, 1.82) is 0 Å². The minimum atomic E-state index is -3.02. The zero-order valence-electron chi connectivity index (χ0n) is 28.7. The standard InChI is InChI=1S/C49H32NOPS/c51-52(38-14-3-1-4-15-38,39-16-5-2-6-17-39)40-29-26-34(27-30-40)33-22-24-35(25-23-33)37-28-31-45-44(32-37)47-43-19-9-10-21-46(43)53-49(47)48(50-45)42-20-11-13-36-12-7-8-18-41(36)42/h1-32H. The maximum absolute atomic E-state index is 14.8. The maximum Gasteiger partial charge on any atom is 0.171 e. The van der Waals surface area contributed by atoms with E-state index in [9.17, 15) is 4.57 Å². The lowest BCUT2D eigenvalue weighted by molar-refractivity contribution is 0.592. The van der Waals surface area contributed by atoms with Gasteiger partial charge in [-0.25, -0.2) is 4.98 Å². The number of hydrogen-bond acceptors (Lipinski definition) is 3. The first kappa shape index (κ1) is 31.6. The highest BCUT2D eigenvalue weighted by Gasteiger charge is 2.29. The van der Waals surface area contributed by atoms with Crippen molar-refractivity contribution < 1.29 is 4.57 Å². The Morgan fingerprint density at radius 1 is 0.434 bits per heavy atom. The Hall–Kier alpha value is -6.12. The van der Waals surface area contributed by atoms with Gasteiger partial charge in [-0.3, -0.25) is 0 Å². The predicted molar refractivity (Wildman–Crippen MR) is 228 cm³/mol. The van der Waals surface area contributed by atoms with Crippen molar-refractivity contribution >= 4 is 76.2 Å². The first-order chi connectivity index (χ1) is 26.1. The summed E-state index contributed by atoms with van der Waals surface area (Å²) in [6.07, 6.45) is 0. The molecule has 0 N–H and O–H groups in total. The van der Waals surface area contributed by atoms with Crippen LogP contribution in [0.4, 0.5) is 0 Å². The fourth-order valence-electron chi connectivity index (χ4n) is 7.72. The highest BCUT2D eigenvalue weighted by molar-refractivity contribution is 7.85. The second kappa shape index (κ2) is 12.8. The molecule has 0 fully saturated rings. The van der Waals surface area contributed by atoms with Gasteiger partial charge in [-0.2, -0.15) is 0 Å². The molecule has 2 heterocycles. The second-order valence-electron chi connectivity index (χ2n) is 13.4. The van der Waals surface area contributed by atoms with Gasteiger partial charge in [-0.15, -0.1) is 11.3 Å². The molecule has 0 unspecified atom stereocenters. The number of benzene rings is 8. The number of thiophene rings is 1. The summed E-state index contributed by atoms with van der Waals surface area (Å²) < 4.78 is 17.3. The normalized spacial score (nSPS) is 11.8. The van der Waals surface area contributed by atoms with E-state index in [1.54, 1.807) is 0 Å². The van der Waals surface area contributed by atoms with Gasteiger partial charge in [0, 0.05) is 42.3 Å². The van der Waals surface area contributed by atoms with Gasteiger partial charge >= 0.3 is 0 Å². The zero-order valence-corrected chi connectivity index (χ0v) is 30.4. The molecule has 250 valence electrons. The molecular weight excluding hydrogens is 682 g/mol. The molecule has 10 rings (SSSR count). The summed E-state index contributed by atoms with van der Waals surface area (Å²) in [7, 11) is -3.02. The Morgan fingerprint density at radius 2 is 0.962 bits per heavy atom. The average molecular weight is 714 g/mol. The summed E-state index contributed by atoms with van der Waals surface area (Å²) in [5.74, 6) is 0. The molecule has 0 radical (unpaired) electrons. The first-order valence-corrected chi connectivity index (χ1v) is 20.3. The Kier molecular flexibility index (Phi) is 7.65. The highest BCUT2D eigenvalue weighted by atomic mass is 32.1. The zero-order chi connectivity index (χ0) is 35.4. The summed E-state index contributed by atoms with van der Waals surface area (Å²) in [6.45, 7) is 0. The van der Waals surface area contributed by atoms with Gasteiger partial charge in [0.05, 0.1) is 15.9 Å². The van der Waals surface area contributed by atoms with Gasteiger partial charge < -0.3 is 4.57 Å². The van der Waals surface area contributed by atoms with Crippen LogP contribution < -0.4 is 15.9 Å². The van der Waals surface area contributed by atoms with Gasteiger partial charge in [-0.1, -0.05) is 176 Å². The Balaban J connectivity index is 1.04. The van der Waals surface area contributed by atoms with Crippen molar-refractivity contribution in [3.05, 3.63) is 194 Å². The van der Waals surface area contributed by atoms with Gasteiger partial charge in [0.15, 0.2) is 7.14 Å². The Morgan fingerprint density at radius 3 is 1.66 bits per heavy atom. The van der Waals surface area contributed by atoms with Gasteiger partial charge in [0.2, 0.25) is 0 Å². The van der Waals surface area contributed by atoms with Crippen LogP contribution in [-0.2, 0) is 4.57 Å². The second-order valence-corrected chi connectivity index (χ2v) is 17.2. The van der Waals surface area contributed by atoms with E-state index < -0.39 is 7.14 Å². The molecule has 4 heteroatoms. The van der Waals surface area contributed by atoms with Crippen molar-refractivity contribution in [2.45, 2.75) is 0 Å². The van der Waals surface area contributed by atoms with Gasteiger partial charge in [-0.05, 0) is 51.2 Å². The molecule has 0 amide bonds. The average Bonchev–Trinajstić information content (AvgIpc) is 3.64. The lowest BCUT2D eigenvalue weighted by atomic mass is 9.96. The molecule has 53 heavy (non-hydrogen) atoms. The number of rotatable bonds is 6. The van der Waals surface area contributed by atoms with Crippen LogP contribution in [0.3, 0.4) is 0 Å². The highest BCUT2D eigenvalue weighted by Crippen LogP contribution is 2.45. The Bertz CT molecular complexity index is 2960. The van der Waals surface area contributed by atoms with E-state index in [4.69, 9.17) is 4.98 Å². The molecule has 0 saturated carbocycles. The molecule has 0 spiro atoms. The summed E-state index contributed by atoms with van der Waals surface area (Å²) in [6, 6.07) is 67.1. The molecule has 2 aromatic heterocycles. The van der Waals surface area contributed by atoms with Crippen molar-refractivity contribution in [3.63, 3.8) is 0 Å². The first-order valence-electron chi connectivity index (χ1n) is 17.8. The maximum atomic E-state index is 14.8. The van der Waals surface area contributed by atoms with Crippen molar-refractivity contribution in [1.82, 2.24) is 4.98 Å². The summed E-state index contributed by atoms with van der Waals surface area (Å²) in [4.78, 5) is 5.36. The molecule has 0 bridgehead atoms. The van der Waals surface area contributed by atoms with Crippen LogP contribution in [0.2, 0.25) is 0 Å². The number of nitrogens with zero attached hydrogens (tertiary/aromatic N) is 1. The summed E-state index contributed by atoms with van der Waals surface area (Å²) in [5.41, 5.74) is 7.70. The SMILES string of the molecule is O=P(c1ccccc1)(c1ccccc1)c1ccc(-c2ccc(-c3ccc4nc(-c5cccc6ccccc56)c5sc6ccccc6c5c4c3)cc2)cc1. The third-order valence-electron chi connectivity index (χ3n) is 10.4. The van der Waals surface area contributed by atoms with E-state index in [0.717, 1.165) is 54.9 Å². The van der Waals surface area contributed by atoms with E-state index in [0.29, 0.717) is 0 Å². The van der Waals surface area contributed by atoms with Crippen molar-refractivity contribution in [2.75, 3.05) is 0 Å². The van der Waals surface area contributed by atoms with Gasteiger partial charge in [0.1, 0.15) is 0 Å². The van der Waals surface area contributed by atoms with Gasteiger partial charge in [0.25, 0.3) is 0 Å². The minimum Gasteiger partial charge on any atom is -0.309 e. The van der Waals surface area contributed by atoms with Crippen molar-refractivity contribution in [3.8, 4) is 33.5 Å². The largest absolute Gasteiger partial charge is 0.309 e. The van der Waals surface area contributed by atoms with Crippen LogP contribution in [-0.4, -0.2) is 4.98 Å². The van der Waals surface area contributed by atoms with E-state index in [1.165, 1.54) is 36.3 Å². The molecular formula is C49H32NOPS. The minimum absolute atomic E-state index is 0.830. The molecule has 0 saturated heterocycles. The summed E-state index contributed by atoms with van der Waals surface area (Å²) >= 11 is 1.83. The van der Waals surface area contributed by atoms with Crippen LogP contribution in [0.25, 0.3) is 75.4 Å². The lowest BCUT2D eigenvalue weighted by Crippen LogP contribution is -2.24. The number of aromatic nitrogens is 1. The fraction of sp³-hybridized carbons (Fsp3) is 0. The van der Waals surface area contributed by atoms with E-state index in [-0.39, 0.29) is 0 Å². The third kappa shape index (κ3) is 5.32. The van der Waals surface area contributed by atoms with Crippen LogP contribution >= 0.6 is 18.5 Å². The lowest BCUT2D eigenvalue weighted by Gasteiger charge is -2.20. The molecule has 0 aliphatic rings. The molecule has 8 aromatic carbocycles. The molecule has 0 atom stereocenters. The molecule has 2 nitrogen and oxygen atoms in total. The van der Waals surface area contributed by atoms with E-state index in [2.05, 4.69) is 121 Å².